The monoisotopic (exact) mass is 467 g/mol. The Balaban J connectivity index is 1.90. The van der Waals surface area contributed by atoms with Crippen LogP contribution in [-0.2, 0) is 26.7 Å². The van der Waals surface area contributed by atoms with Gasteiger partial charge in [0.05, 0.1) is 12.6 Å². The van der Waals surface area contributed by atoms with Crippen molar-refractivity contribution in [2.75, 3.05) is 11.9 Å². The Morgan fingerprint density at radius 3 is 2.35 bits per heavy atom. The van der Waals surface area contributed by atoms with Gasteiger partial charge < -0.3 is 15.8 Å². The molecule has 34 heavy (non-hydrogen) atoms. The van der Waals surface area contributed by atoms with E-state index in [2.05, 4.69) is 10.3 Å². The molecule has 8 heteroatoms. The fourth-order valence-electron chi connectivity index (χ4n) is 3.24. The molecule has 0 spiro atoms. The summed E-state index contributed by atoms with van der Waals surface area (Å²) in [7, 11) is 0. The third kappa shape index (κ3) is 6.45. The zero-order chi connectivity index (χ0) is 24.7. The number of nitrogens with one attached hydrogen (secondary N) is 1. The van der Waals surface area contributed by atoms with E-state index in [4.69, 9.17) is 10.5 Å². The number of hydrogen-bond acceptors (Lipinski definition) is 5. The van der Waals surface area contributed by atoms with Crippen molar-refractivity contribution in [3.8, 4) is 11.1 Å². The molecular formula is C26H27F2N3O3. The Hall–Kier alpha value is -3.65. The largest absolute Gasteiger partial charge is 0.461 e. The molecule has 0 aliphatic heterocycles. The molecule has 3 rings (SSSR count). The van der Waals surface area contributed by atoms with E-state index in [0.717, 1.165) is 11.6 Å². The van der Waals surface area contributed by atoms with Crippen LogP contribution in [0.4, 0.5) is 14.5 Å². The maximum atomic E-state index is 15.0. The molecule has 0 unspecified atom stereocenters. The number of aromatic nitrogens is 1. The molecule has 2 aromatic carbocycles. The van der Waals surface area contributed by atoms with Crippen molar-refractivity contribution in [3.05, 3.63) is 84.2 Å². The number of nitrogens with two attached hydrogens (primary N) is 1. The summed E-state index contributed by atoms with van der Waals surface area (Å²) in [5.74, 6) is -6.19. The summed E-state index contributed by atoms with van der Waals surface area (Å²) in [5.41, 5.74) is 7.38. The van der Waals surface area contributed by atoms with E-state index in [9.17, 15) is 9.59 Å². The summed E-state index contributed by atoms with van der Waals surface area (Å²) < 4.78 is 34.9. The van der Waals surface area contributed by atoms with Gasteiger partial charge in [0.25, 0.3) is 0 Å². The van der Waals surface area contributed by atoms with Gasteiger partial charge in [0, 0.05) is 23.6 Å². The number of esters is 1. The maximum Gasteiger partial charge on any atom is 0.382 e. The SMILES string of the molecule is CC(C)COC(=O)C(F)(F)c1cc(NC(=O)[C@@H](N)Cc2ccccc2)cc(-c2ccncc2)c1. The van der Waals surface area contributed by atoms with E-state index in [1.165, 1.54) is 18.5 Å². The molecule has 1 heterocycles. The number of hydrogen-bond donors (Lipinski definition) is 2. The Morgan fingerprint density at radius 2 is 1.71 bits per heavy atom. The molecule has 178 valence electrons. The first kappa shape index (κ1) is 25.0. The zero-order valence-electron chi connectivity index (χ0n) is 19.0. The quantitative estimate of drug-likeness (QED) is 0.451. The van der Waals surface area contributed by atoms with Crippen LogP contribution in [0.1, 0.15) is 25.0 Å². The van der Waals surface area contributed by atoms with Gasteiger partial charge in [-0.05, 0) is 59.4 Å². The average molecular weight is 468 g/mol. The molecule has 3 N–H and O–H groups in total. The fourth-order valence-corrected chi connectivity index (χ4v) is 3.24. The molecule has 1 amide bonds. The van der Waals surface area contributed by atoms with Gasteiger partial charge >= 0.3 is 11.9 Å². The van der Waals surface area contributed by atoms with Gasteiger partial charge in [-0.3, -0.25) is 9.78 Å². The number of benzene rings is 2. The van der Waals surface area contributed by atoms with Crippen LogP contribution >= 0.6 is 0 Å². The summed E-state index contributed by atoms with van der Waals surface area (Å²) in [6, 6.07) is 15.4. The number of anilines is 1. The lowest BCUT2D eigenvalue weighted by Gasteiger charge is -2.19. The second-order valence-electron chi connectivity index (χ2n) is 8.39. The van der Waals surface area contributed by atoms with Crippen molar-refractivity contribution in [1.82, 2.24) is 4.98 Å². The number of carbonyl (C=O) groups is 2. The van der Waals surface area contributed by atoms with Gasteiger partial charge in [-0.25, -0.2) is 4.79 Å². The average Bonchev–Trinajstić information content (AvgIpc) is 2.83. The van der Waals surface area contributed by atoms with Crippen LogP contribution in [0.25, 0.3) is 11.1 Å². The van der Waals surface area contributed by atoms with Gasteiger partial charge in [-0.2, -0.15) is 8.78 Å². The molecule has 6 nitrogen and oxygen atoms in total. The third-order valence-electron chi connectivity index (χ3n) is 5.02. The second kappa shape index (κ2) is 11.0. The van der Waals surface area contributed by atoms with Gasteiger partial charge in [-0.1, -0.05) is 44.2 Å². The van der Waals surface area contributed by atoms with Gasteiger partial charge in [0.15, 0.2) is 0 Å². The van der Waals surface area contributed by atoms with Gasteiger partial charge in [0.1, 0.15) is 0 Å². The number of carbonyl (C=O) groups excluding carboxylic acids is 2. The molecule has 0 aliphatic carbocycles. The normalized spacial score (nSPS) is 12.3. The van der Waals surface area contributed by atoms with Crippen LogP contribution in [0.15, 0.2) is 73.1 Å². The van der Waals surface area contributed by atoms with Crippen LogP contribution in [0.3, 0.4) is 0 Å². The molecule has 0 saturated carbocycles. The molecule has 3 aromatic rings. The highest BCUT2D eigenvalue weighted by atomic mass is 19.3. The number of pyridine rings is 1. The molecule has 0 fully saturated rings. The topological polar surface area (TPSA) is 94.3 Å². The van der Waals surface area contributed by atoms with E-state index in [1.807, 2.05) is 30.3 Å². The highest BCUT2D eigenvalue weighted by Crippen LogP contribution is 2.35. The van der Waals surface area contributed by atoms with Crippen molar-refractivity contribution >= 4 is 17.6 Å². The smallest absolute Gasteiger partial charge is 0.382 e. The van der Waals surface area contributed by atoms with Crippen molar-refractivity contribution in [1.29, 1.82) is 0 Å². The number of rotatable bonds is 9. The van der Waals surface area contributed by atoms with Crippen LogP contribution in [0.2, 0.25) is 0 Å². The minimum atomic E-state index is -3.91. The number of halogens is 2. The van der Waals surface area contributed by atoms with Crippen LogP contribution in [0, 0.1) is 5.92 Å². The van der Waals surface area contributed by atoms with E-state index in [1.54, 1.807) is 32.0 Å². The van der Waals surface area contributed by atoms with Crippen LogP contribution in [-0.4, -0.2) is 29.5 Å². The van der Waals surface area contributed by atoms with E-state index in [-0.39, 0.29) is 24.6 Å². The summed E-state index contributed by atoms with van der Waals surface area (Å²) >= 11 is 0. The van der Waals surface area contributed by atoms with Crippen LogP contribution < -0.4 is 11.1 Å². The molecule has 0 saturated heterocycles. The van der Waals surface area contributed by atoms with Crippen molar-refractivity contribution in [3.63, 3.8) is 0 Å². The van der Waals surface area contributed by atoms with E-state index in [0.29, 0.717) is 11.1 Å². The molecule has 0 bridgehead atoms. The molecular weight excluding hydrogens is 440 g/mol. The Kier molecular flexibility index (Phi) is 8.07. The maximum absolute atomic E-state index is 15.0. The summed E-state index contributed by atoms with van der Waals surface area (Å²) in [6.07, 6.45) is 3.32. The first-order valence-electron chi connectivity index (χ1n) is 10.9. The van der Waals surface area contributed by atoms with Crippen molar-refractivity contribution in [2.45, 2.75) is 32.2 Å². The van der Waals surface area contributed by atoms with Gasteiger partial charge in [0.2, 0.25) is 5.91 Å². The Morgan fingerprint density at radius 1 is 1.03 bits per heavy atom. The summed E-state index contributed by atoms with van der Waals surface area (Å²) in [6.45, 7) is 3.38. The number of nitrogens with zero attached hydrogens (tertiary/aromatic N) is 1. The van der Waals surface area contributed by atoms with Crippen molar-refractivity contribution < 1.29 is 23.1 Å². The molecule has 0 aliphatic rings. The lowest BCUT2D eigenvalue weighted by molar-refractivity contribution is -0.174. The lowest BCUT2D eigenvalue weighted by atomic mass is 9.99. The second-order valence-corrected chi connectivity index (χ2v) is 8.39. The molecule has 1 atom stereocenters. The Labute approximate surface area is 197 Å². The lowest BCUT2D eigenvalue weighted by Crippen LogP contribution is -2.37. The van der Waals surface area contributed by atoms with Crippen LogP contribution in [0.5, 0.6) is 0 Å². The minimum absolute atomic E-state index is 0.0918. The predicted molar refractivity (Wildman–Crippen MR) is 126 cm³/mol. The van der Waals surface area contributed by atoms with E-state index >= 15 is 8.78 Å². The number of amides is 1. The van der Waals surface area contributed by atoms with Crippen molar-refractivity contribution in [2.24, 2.45) is 11.7 Å². The highest BCUT2D eigenvalue weighted by Gasteiger charge is 2.43. The summed E-state index contributed by atoms with van der Waals surface area (Å²) in [5, 5.41) is 2.61. The molecule has 0 radical (unpaired) electrons. The summed E-state index contributed by atoms with van der Waals surface area (Å²) in [4.78, 5) is 28.8. The standard InChI is InChI=1S/C26H27F2N3O3/c1-17(2)16-34-25(33)26(27,28)21-13-20(19-8-10-30-11-9-19)14-22(15-21)31-24(32)23(29)12-18-6-4-3-5-7-18/h3-11,13-15,17,23H,12,16,29H2,1-2H3,(H,31,32)/t23-/m0/s1. The highest BCUT2D eigenvalue weighted by molar-refractivity contribution is 5.96. The molecule has 1 aromatic heterocycles. The Bertz CT molecular complexity index is 1120. The fraction of sp³-hybridized carbons (Fsp3) is 0.269. The predicted octanol–water partition coefficient (Wildman–Crippen LogP) is 4.55. The minimum Gasteiger partial charge on any atom is -0.461 e. The van der Waals surface area contributed by atoms with E-state index < -0.39 is 29.4 Å². The zero-order valence-corrected chi connectivity index (χ0v) is 19.0. The first-order valence-corrected chi connectivity index (χ1v) is 10.9. The van der Waals surface area contributed by atoms with Gasteiger partial charge in [-0.15, -0.1) is 0 Å². The third-order valence-corrected chi connectivity index (χ3v) is 5.02. The number of alkyl halides is 2. The number of ether oxygens (including phenoxy) is 1. The first-order chi connectivity index (χ1) is 16.2.